The molecule has 19 nitrogen and oxygen atoms in total. The lowest BCUT2D eigenvalue weighted by Gasteiger charge is -2.48. The minimum Gasteiger partial charge on any atom is -0.394 e. The Balaban J connectivity index is 1.35. The average molecular weight is 1560 g/mol. The Morgan fingerprint density at radius 3 is 1.02 bits per heavy atom. The van der Waals surface area contributed by atoms with Crippen molar-refractivity contribution in [1.82, 2.24) is 5.32 Å². The van der Waals surface area contributed by atoms with Crippen LogP contribution in [0.15, 0.2) is 97.2 Å². The van der Waals surface area contributed by atoms with E-state index in [1.54, 1.807) is 6.08 Å². The molecule has 110 heavy (non-hydrogen) atoms. The number of unbranched alkanes of at least 4 members (excludes halogenated alkanes) is 41. The van der Waals surface area contributed by atoms with E-state index in [0.29, 0.717) is 12.8 Å². The molecule has 0 bridgehead atoms. The zero-order chi connectivity index (χ0) is 79.5. The van der Waals surface area contributed by atoms with Gasteiger partial charge >= 0.3 is 0 Å². The summed E-state index contributed by atoms with van der Waals surface area (Å²) in [4.78, 5) is 13.5. The molecule has 1 amide bonds. The van der Waals surface area contributed by atoms with Gasteiger partial charge in [0.15, 0.2) is 18.9 Å². The second kappa shape index (κ2) is 70.0. The van der Waals surface area contributed by atoms with Crippen molar-refractivity contribution in [3.63, 3.8) is 0 Å². The van der Waals surface area contributed by atoms with Gasteiger partial charge < -0.3 is 89.9 Å². The van der Waals surface area contributed by atoms with Crippen molar-refractivity contribution in [2.75, 3.05) is 26.4 Å². The van der Waals surface area contributed by atoms with Gasteiger partial charge in [-0.05, 0) is 89.9 Å². The van der Waals surface area contributed by atoms with Crippen molar-refractivity contribution in [3.05, 3.63) is 97.2 Å². The third-order valence-corrected chi connectivity index (χ3v) is 21.6. The molecule has 3 rings (SSSR count). The number of nitrogens with one attached hydrogen (secondary N) is 1. The highest BCUT2D eigenvalue weighted by Gasteiger charge is 2.54. The van der Waals surface area contributed by atoms with E-state index < -0.39 is 124 Å². The van der Waals surface area contributed by atoms with E-state index in [2.05, 4.69) is 104 Å². The van der Waals surface area contributed by atoms with Crippen LogP contribution in [0.3, 0.4) is 0 Å². The van der Waals surface area contributed by atoms with Gasteiger partial charge in [-0.2, -0.15) is 0 Å². The molecule has 0 saturated carbocycles. The van der Waals surface area contributed by atoms with Gasteiger partial charge in [-0.3, -0.25) is 4.79 Å². The minimum atomic E-state index is -1.99. The van der Waals surface area contributed by atoms with Gasteiger partial charge in [0.2, 0.25) is 5.91 Å². The fraction of sp³-hybridized carbons (Fsp3) is 0.813. The molecule has 19 heteroatoms. The van der Waals surface area contributed by atoms with E-state index in [1.165, 1.54) is 231 Å². The van der Waals surface area contributed by atoms with E-state index in [9.17, 15) is 61.0 Å². The number of ether oxygens (including phenoxy) is 6. The quantitative estimate of drug-likeness (QED) is 0.0199. The normalized spacial score (nSPS) is 25.6. The van der Waals surface area contributed by atoms with Crippen LogP contribution < -0.4 is 5.32 Å². The number of carbonyl (C=O) groups excluding carboxylic acids is 1. The summed E-state index contributed by atoms with van der Waals surface area (Å²) in [7, 11) is 0. The molecule has 0 aromatic heterocycles. The van der Waals surface area contributed by atoms with Crippen LogP contribution in [-0.2, 0) is 33.2 Å². The Labute approximate surface area is 666 Å². The Kier molecular flexibility index (Phi) is 64.2. The fourth-order valence-electron chi connectivity index (χ4n) is 14.5. The third kappa shape index (κ3) is 48.3. The number of aliphatic hydroxyl groups excluding tert-OH is 11. The van der Waals surface area contributed by atoms with Crippen LogP contribution in [0.5, 0.6) is 0 Å². The Morgan fingerprint density at radius 2 is 0.636 bits per heavy atom. The van der Waals surface area contributed by atoms with Crippen LogP contribution in [0.2, 0.25) is 0 Å². The first kappa shape index (κ1) is 101. The summed E-state index contributed by atoms with van der Waals surface area (Å²) in [5.41, 5.74) is 0. The van der Waals surface area contributed by atoms with Crippen LogP contribution in [-0.4, -0.2) is 193 Å². The Bertz CT molecular complexity index is 2360. The first-order chi connectivity index (χ1) is 53.8. The molecular weight excluding hydrogens is 1390 g/mol. The highest BCUT2D eigenvalue weighted by atomic mass is 16.8. The summed E-state index contributed by atoms with van der Waals surface area (Å²) in [5.74, 6) is -0.287. The zero-order valence-corrected chi connectivity index (χ0v) is 68.7. The van der Waals surface area contributed by atoms with Crippen molar-refractivity contribution in [3.8, 4) is 0 Å². The standard InChI is InChI=1S/C91H161NO18/c1-3-5-7-9-11-13-15-17-19-21-23-25-27-29-31-33-35-36-37-38-39-41-43-45-47-49-51-53-55-57-59-61-63-65-67-69-79(97)92-74(75(96)68-66-64-62-60-58-56-54-52-50-48-46-44-42-40-34-32-30-28-26-24-22-20-18-16-14-12-10-8-6-4-2)73-105-89-85(103)82(100)87(77(71-94)107-89)110-91-86(104)83(101)88(78(72-95)108-91)109-90-84(102)81(99)80(98)76(70-93)106-90/h5,7,11,13,17,19,23,25,29,31,50,52,58,60,66,68,74-78,80-91,93-96,98-104H,3-4,6,8-10,12,14-16,18,20-22,24,26-28,30,32-49,51,53-57,59,61-65,67,69-73H2,1-2H3,(H,92,97)/b7-5-,13-11-,19-17-,25-23-,31-29-,52-50+,60-58+,68-66+. The Morgan fingerprint density at radius 1 is 0.336 bits per heavy atom. The van der Waals surface area contributed by atoms with Gasteiger partial charge in [0.1, 0.15) is 73.2 Å². The number of allylic oxidation sites excluding steroid dienone is 15. The van der Waals surface area contributed by atoms with E-state index in [1.807, 2.05) is 6.08 Å². The molecule has 0 aromatic rings. The summed E-state index contributed by atoms with van der Waals surface area (Å²) >= 11 is 0. The molecule has 0 radical (unpaired) electrons. The highest BCUT2D eigenvalue weighted by molar-refractivity contribution is 5.76. The molecule has 0 aliphatic carbocycles. The molecule has 17 atom stereocenters. The molecule has 17 unspecified atom stereocenters. The number of carbonyl (C=O) groups is 1. The lowest BCUT2D eigenvalue weighted by Crippen LogP contribution is -2.66. The number of amides is 1. The molecule has 0 aromatic carbocycles. The van der Waals surface area contributed by atoms with Crippen LogP contribution in [0.1, 0.15) is 341 Å². The van der Waals surface area contributed by atoms with Crippen molar-refractivity contribution in [1.29, 1.82) is 0 Å². The van der Waals surface area contributed by atoms with E-state index >= 15 is 0 Å². The predicted octanol–water partition coefficient (Wildman–Crippen LogP) is 16.7. The van der Waals surface area contributed by atoms with Gasteiger partial charge in [-0.1, -0.05) is 342 Å². The second-order valence-corrected chi connectivity index (χ2v) is 31.3. The summed E-state index contributed by atoms with van der Waals surface area (Å²) in [6.07, 6.45) is 69.9. The monoisotopic (exact) mass is 1560 g/mol. The number of hydrogen-bond donors (Lipinski definition) is 12. The molecular formula is C91H161NO18. The maximum absolute atomic E-state index is 13.5. The number of rotatable bonds is 71. The molecule has 3 aliphatic rings. The third-order valence-electron chi connectivity index (χ3n) is 21.6. The summed E-state index contributed by atoms with van der Waals surface area (Å²) in [6, 6.07) is -1.00. The van der Waals surface area contributed by atoms with Crippen LogP contribution in [0, 0.1) is 0 Å². The number of hydrogen-bond acceptors (Lipinski definition) is 18. The van der Waals surface area contributed by atoms with Crippen LogP contribution in [0.4, 0.5) is 0 Å². The SMILES string of the molecule is CC/C=C\C/C=C\C/C=C\C/C=C\C/C=C\CCCCCCCCCCCCCCCCCCCCCC(=O)NC(COC1OC(CO)C(OC2OC(CO)C(OC3OC(CO)C(O)C(O)C3O)C(O)C2O)C(O)C1O)C(O)/C=C/CC/C=C/CC/C=C/CCCCCCCCCCCCCCCCCCCCCC. The fourth-order valence-corrected chi connectivity index (χ4v) is 14.5. The zero-order valence-electron chi connectivity index (χ0n) is 68.7. The lowest BCUT2D eigenvalue weighted by molar-refractivity contribution is -0.379. The van der Waals surface area contributed by atoms with Gasteiger partial charge in [-0.15, -0.1) is 0 Å². The summed E-state index contributed by atoms with van der Waals surface area (Å²) < 4.78 is 34.5. The van der Waals surface area contributed by atoms with Crippen molar-refractivity contribution in [2.24, 2.45) is 0 Å². The largest absolute Gasteiger partial charge is 0.394 e. The molecule has 638 valence electrons. The van der Waals surface area contributed by atoms with E-state index in [4.69, 9.17) is 28.4 Å². The predicted molar refractivity (Wildman–Crippen MR) is 443 cm³/mol. The summed E-state index contributed by atoms with van der Waals surface area (Å²) in [6.45, 7) is 1.64. The average Bonchev–Trinajstić information content (AvgIpc) is 0.795. The topological polar surface area (TPSA) is 307 Å². The van der Waals surface area contributed by atoms with Gasteiger partial charge in [0.25, 0.3) is 0 Å². The minimum absolute atomic E-state index is 0.230. The molecule has 3 aliphatic heterocycles. The van der Waals surface area contributed by atoms with Crippen LogP contribution >= 0.6 is 0 Å². The van der Waals surface area contributed by atoms with E-state index in [-0.39, 0.29) is 18.9 Å². The maximum Gasteiger partial charge on any atom is 0.220 e. The molecule has 12 N–H and O–H groups in total. The Hall–Kier alpha value is -3.29. The first-order valence-corrected chi connectivity index (χ1v) is 44.5. The molecule has 0 spiro atoms. The van der Waals surface area contributed by atoms with Crippen molar-refractivity contribution in [2.45, 2.75) is 446 Å². The summed E-state index contributed by atoms with van der Waals surface area (Å²) in [5, 5.41) is 121. The smallest absolute Gasteiger partial charge is 0.220 e. The van der Waals surface area contributed by atoms with Gasteiger partial charge in [0, 0.05) is 6.42 Å². The van der Waals surface area contributed by atoms with Crippen molar-refractivity contribution >= 4 is 5.91 Å². The second-order valence-electron chi connectivity index (χ2n) is 31.3. The van der Waals surface area contributed by atoms with Crippen LogP contribution in [0.25, 0.3) is 0 Å². The maximum atomic E-state index is 13.5. The van der Waals surface area contributed by atoms with Gasteiger partial charge in [-0.25, -0.2) is 0 Å². The number of aliphatic hydroxyl groups is 11. The highest BCUT2D eigenvalue weighted by Crippen LogP contribution is 2.33. The van der Waals surface area contributed by atoms with E-state index in [0.717, 1.165) is 77.0 Å². The molecule has 3 heterocycles. The molecule has 3 saturated heterocycles. The van der Waals surface area contributed by atoms with Crippen molar-refractivity contribution < 1.29 is 89.4 Å². The lowest BCUT2D eigenvalue weighted by atomic mass is 9.96. The molecule has 3 fully saturated rings. The van der Waals surface area contributed by atoms with Gasteiger partial charge in [0.05, 0.1) is 38.6 Å². The first-order valence-electron chi connectivity index (χ1n) is 44.5.